The smallest absolute Gasteiger partial charge is 0.308 e. The number of carbonyl (C=O) groups excluding carboxylic acids is 2. The lowest BCUT2D eigenvalue weighted by Crippen LogP contribution is -2.37. The predicted molar refractivity (Wildman–Crippen MR) is 57.8 cm³/mol. The van der Waals surface area contributed by atoms with E-state index in [0.717, 1.165) is 6.42 Å². The SMILES string of the molecule is CCOC(=O)CC1OC(C)CCN(C)C1=O. The number of amides is 1. The number of hydrogen-bond donors (Lipinski definition) is 0. The Balaban J connectivity index is 2.60. The quantitative estimate of drug-likeness (QED) is 0.664. The Bertz CT molecular complexity index is 267. The molecule has 2 atom stereocenters. The molecule has 1 heterocycles. The first-order valence-corrected chi connectivity index (χ1v) is 5.60. The van der Waals surface area contributed by atoms with Crippen LogP contribution in [0.3, 0.4) is 0 Å². The summed E-state index contributed by atoms with van der Waals surface area (Å²) < 4.78 is 10.3. The molecule has 92 valence electrons. The highest BCUT2D eigenvalue weighted by Gasteiger charge is 2.30. The van der Waals surface area contributed by atoms with Crippen LogP contribution in [0.15, 0.2) is 0 Å². The number of esters is 1. The predicted octanol–water partition coefficient (Wildman–Crippen LogP) is 0.575. The molecular weight excluding hydrogens is 210 g/mol. The van der Waals surface area contributed by atoms with Gasteiger partial charge in [0.2, 0.25) is 0 Å². The fourth-order valence-corrected chi connectivity index (χ4v) is 1.64. The summed E-state index contributed by atoms with van der Waals surface area (Å²) in [6.45, 7) is 4.64. The third-order valence-electron chi connectivity index (χ3n) is 2.58. The average molecular weight is 229 g/mol. The molecule has 1 fully saturated rings. The van der Waals surface area contributed by atoms with Crippen LogP contribution in [0, 0.1) is 0 Å². The van der Waals surface area contributed by atoms with Gasteiger partial charge >= 0.3 is 5.97 Å². The molecule has 5 nitrogen and oxygen atoms in total. The monoisotopic (exact) mass is 229 g/mol. The first-order chi connectivity index (χ1) is 7.54. The Morgan fingerprint density at radius 3 is 2.94 bits per heavy atom. The van der Waals surface area contributed by atoms with Gasteiger partial charge in [0.1, 0.15) is 6.10 Å². The lowest BCUT2D eigenvalue weighted by atomic mass is 10.2. The number of hydrogen-bond acceptors (Lipinski definition) is 4. The normalized spacial score (nSPS) is 26.4. The maximum atomic E-state index is 11.8. The summed E-state index contributed by atoms with van der Waals surface area (Å²) in [6.07, 6.45) is 0.0954. The van der Waals surface area contributed by atoms with Crippen molar-refractivity contribution in [2.75, 3.05) is 20.2 Å². The lowest BCUT2D eigenvalue weighted by molar-refractivity contribution is -0.154. The van der Waals surface area contributed by atoms with E-state index >= 15 is 0 Å². The van der Waals surface area contributed by atoms with Crippen LogP contribution in [0.4, 0.5) is 0 Å². The van der Waals surface area contributed by atoms with Crippen LogP contribution >= 0.6 is 0 Å². The highest BCUT2D eigenvalue weighted by atomic mass is 16.5. The molecule has 0 saturated carbocycles. The maximum absolute atomic E-state index is 11.8. The molecule has 0 bridgehead atoms. The van der Waals surface area contributed by atoms with Gasteiger partial charge < -0.3 is 14.4 Å². The van der Waals surface area contributed by atoms with Gasteiger partial charge in [-0.05, 0) is 20.3 Å². The summed E-state index contributed by atoms with van der Waals surface area (Å²) in [4.78, 5) is 24.7. The Morgan fingerprint density at radius 2 is 2.31 bits per heavy atom. The zero-order valence-corrected chi connectivity index (χ0v) is 10.1. The van der Waals surface area contributed by atoms with Crippen LogP contribution in [0.5, 0.6) is 0 Å². The van der Waals surface area contributed by atoms with Gasteiger partial charge in [0.05, 0.1) is 19.1 Å². The fourth-order valence-electron chi connectivity index (χ4n) is 1.64. The van der Waals surface area contributed by atoms with E-state index in [0.29, 0.717) is 13.2 Å². The minimum atomic E-state index is -0.693. The molecule has 5 heteroatoms. The van der Waals surface area contributed by atoms with Crippen LogP contribution in [0.25, 0.3) is 0 Å². The van der Waals surface area contributed by atoms with Crippen molar-refractivity contribution in [2.45, 2.75) is 38.9 Å². The Kier molecular flexibility index (Phi) is 4.73. The standard InChI is InChI=1S/C11H19NO4/c1-4-15-10(13)7-9-11(14)12(3)6-5-8(2)16-9/h8-9H,4-7H2,1-3H3. The summed E-state index contributed by atoms with van der Waals surface area (Å²) in [5, 5.41) is 0. The Morgan fingerprint density at radius 1 is 1.62 bits per heavy atom. The maximum Gasteiger partial charge on any atom is 0.308 e. The van der Waals surface area contributed by atoms with E-state index in [2.05, 4.69) is 0 Å². The molecule has 1 saturated heterocycles. The van der Waals surface area contributed by atoms with E-state index in [4.69, 9.17) is 9.47 Å². The highest BCUT2D eigenvalue weighted by Crippen LogP contribution is 2.14. The van der Waals surface area contributed by atoms with Crippen molar-refractivity contribution >= 4 is 11.9 Å². The van der Waals surface area contributed by atoms with Crippen LogP contribution in [-0.4, -0.2) is 49.2 Å². The van der Waals surface area contributed by atoms with Crippen molar-refractivity contribution in [1.82, 2.24) is 4.90 Å². The van der Waals surface area contributed by atoms with Gasteiger partial charge in [-0.1, -0.05) is 0 Å². The number of rotatable bonds is 3. The van der Waals surface area contributed by atoms with Gasteiger partial charge in [0.25, 0.3) is 5.91 Å². The van der Waals surface area contributed by atoms with Crippen molar-refractivity contribution in [3.63, 3.8) is 0 Å². The molecule has 1 rings (SSSR count). The van der Waals surface area contributed by atoms with Crippen molar-refractivity contribution < 1.29 is 19.1 Å². The van der Waals surface area contributed by atoms with Gasteiger partial charge in [-0.2, -0.15) is 0 Å². The number of ether oxygens (including phenoxy) is 2. The second kappa shape index (κ2) is 5.84. The van der Waals surface area contributed by atoms with Crippen molar-refractivity contribution in [3.8, 4) is 0 Å². The molecule has 16 heavy (non-hydrogen) atoms. The summed E-state index contributed by atoms with van der Waals surface area (Å²) in [5.74, 6) is -0.527. The molecular formula is C11H19NO4. The molecule has 0 N–H and O–H groups in total. The molecule has 1 aliphatic rings. The van der Waals surface area contributed by atoms with Gasteiger partial charge in [0.15, 0.2) is 0 Å². The zero-order chi connectivity index (χ0) is 12.1. The third kappa shape index (κ3) is 3.48. The van der Waals surface area contributed by atoms with E-state index in [1.54, 1.807) is 18.9 Å². The van der Waals surface area contributed by atoms with Gasteiger partial charge in [-0.15, -0.1) is 0 Å². The summed E-state index contributed by atoms with van der Waals surface area (Å²) in [5.41, 5.74) is 0. The van der Waals surface area contributed by atoms with Gasteiger partial charge in [-0.3, -0.25) is 9.59 Å². The minimum Gasteiger partial charge on any atom is -0.466 e. The first kappa shape index (κ1) is 13.0. The summed E-state index contributed by atoms with van der Waals surface area (Å²) in [6, 6.07) is 0. The zero-order valence-electron chi connectivity index (χ0n) is 10.1. The third-order valence-corrected chi connectivity index (χ3v) is 2.58. The van der Waals surface area contributed by atoms with Crippen molar-refractivity contribution in [3.05, 3.63) is 0 Å². The number of likely N-dealkylation sites (N-methyl/N-ethyl adjacent to an activating group) is 1. The molecule has 0 aromatic carbocycles. The van der Waals surface area contributed by atoms with Gasteiger partial charge in [-0.25, -0.2) is 0 Å². The molecule has 0 aromatic heterocycles. The van der Waals surface area contributed by atoms with E-state index in [9.17, 15) is 9.59 Å². The average Bonchev–Trinajstić information content (AvgIpc) is 2.33. The molecule has 2 unspecified atom stereocenters. The van der Waals surface area contributed by atoms with Crippen LogP contribution in [0.1, 0.15) is 26.7 Å². The van der Waals surface area contributed by atoms with Crippen molar-refractivity contribution in [1.29, 1.82) is 0 Å². The van der Waals surface area contributed by atoms with E-state index in [-0.39, 0.29) is 24.4 Å². The second-order valence-corrected chi connectivity index (χ2v) is 3.99. The minimum absolute atomic E-state index is 0.00134. The number of nitrogens with zero attached hydrogens (tertiary/aromatic N) is 1. The highest BCUT2D eigenvalue weighted by molar-refractivity contribution is 5.85. The fraction of sp³-hybridized carbons (Fsp3) is 0.818. The Hall–Kier alpha value is -1.10. The molecule has 0 radical (unpaired) electrons. The van der Waals surface area contributed by atoms with Gasteiger partial charge in [0, 0.05) is 13.6 Å². The first-order valence-electron chi connectivity index (χ1n) is 5.60. The van der Waals surface area contributed by atoms with E-state index in [1.165, 1.54) is 0 Å². The van der Waals surface area contributed by atoms with Crippen LogP contribution < -0.4 is 0 Å². The van der Waals surface area contributed by atoms with Crippen molar-refractivity contribution in [2.24, 2.45) is 0 Å². The molecule has 0 spiro atoms. The van der Waals surface area contributed by atoms with Crippen LogP contribution in [0.2, 0.25) is 0 Å². The van der Waals surface area contributed by atoms with E-state index < -0.39 is 6.10 Å². The van der Waals surface area contributed by atoms with Crippen LogP contribution in [-0.2, 0) is 19.1 Å². The summed E-state index contributed by atoms with van der Waals surface area (Å²) in [7, 11) is 1.72. The topological polar surface area (TPSA) is 55.8 Å². The van der Waals surface area contributed by atoms with E-state index in [1.807, 2.05) is 6.92 Å². The molecule has 0 aromatic rings. The number of carbonyl (C=O) groups is 2. The largest absolute Gasteiger partial charge is 0.466 e. The summed E-state index contributed by atoms with van der Waals surface area (Å²) >= 11 is 0. The lowest BCUT2D eigenvalue weighted by Gasteiger charge is -2.19. The Labute approximate surface area is 95.7 Å². The second-order valence-electron chi connectivity index (χ2n) is 3.99. The molecule has 0 aliphatic carbocycles. The molecule has 1 amide bonds. The molecule has 1 aliphatic heterocycles.